The second kappa shape index (κ2) is 10.6. The Balaban J connectivity index is 1.08. The molecule has 2 aliphatic rings. The molecule has 0 saturated carbocycles. The van der Waals surface area contributed by atoms with Crippen LogP contribution in [0.2, 0.25) is 0 Å². The fourth-order valence-corrected chi connectivity index (χ4v) is 6.20. The zero-order valence-corrected chi connectivity index (χ0v) is 23.3. The van der Waals surface area contributed by atoms with Crippen molar-refractivity contribution in [2.75, 3.05) is 24.5 Å². The molecular weight excluding hydrogens is 517 g/mol. The zero-order valence-electron chi connectivity index (χ0n) is 23.3. The van der Waals surface area contributed by atoms with Gasteiger partial charge in [0, 0.05) is 56.4 Å². The third-order valence-electron chi connectivity index (χ3n) is 8.46. The topological polar surface area (TPSA) is 97.0 Å². The van der Waals surface area contributed by atoms with Crippen molar-refractivity contribution in [3.63, 3.8) is 0 Å². The van der Waals surface area contributed by atoms with Gasteiger partial charge in [-0.05, 0) is 78.3 Å². The van der Waals surface area contributed by atoms with Crippen LogP contribution in [0.1, 0.15) is 48.7 Å². The number of aromatic hydroxyl groups is 1. The van der Waals surface area contributed by atoms with Crippen molar-refractivity contribution in [2.24, 2.45) is 0 Å². The van der Waals surface area contributed by atoms with Crippen molar-refractivity contribution in [1.82, 2.24) is 30.0 Å². The molecule has 3 N–H and O–H groups in total. The number of anilines is 1. The number of benzene rings is 2. The van der Waals surface area contributed by atoms with Crippen molar-refractivity contribution in [1.29, 1.82) is 0 Å². The summed E-state index contributed by atoms with van der Waals surface area (Å²) in [5.41, 5.74) is 7.60. The maximum absolute atomic E-state index is 14.2. The van der Waals surface area contributed by atoms with Gasteiger partial charge in [-0.1, -0.05) is 19.1 Å². The highest BCUT2D eigenvalue weighted by Crippen LogP contribution is 2.34. The fraction of sp³-hybridized carbons (Fsp3) is 0.344. The van der Waals surface area contributed by atoms with Gasteiger partial charge in [0.15, 0.2) is 17.4 Å². The minimum atomic E-state index is -0.622. The first-order chi connectivity index (χ1) is 20.1. The first-order valence-corrected chi connectivity index (χ1v) is 14.6. The van der Waals surface area contributed by atoms with Gasteiger partial charge in [-0.15, -0.1) is 0 Å². The Morgan fingerprint density at radius 2 is 1.90 bits per heavy atom. The predicted molar refractivity (Wildman–Crippen MR) is 158 cm³/mol. The Morgan fingerprint density at radius 1 is 1.02 bits per heavy atom. The van der Waals surface area contributed by atoms with Gasteiger partial charge in [0.25, 0.3) is 0 Å². The number of hydrogen-bond acceptors (Lipinski definition) is 6. The van der Waals surface area contributed by atoms with E-state index in [0.29, 0.717) is 6.42 Å². The molecule has 0 bridgehead atoms. The Kier molecular flexibility index (Phi) is 6.66. The molecule has 0 unspecified atom stereocenters. The van der Waals surface area contributed by atoms with Crippen LogP contribution in [0, 0.1) is 5.82 Å². The Morgan fingerprint density at radius 3 is 2.71 bits per heavy atom. The van der Waals surface area contributed by atoms with E-state index in [0.717, 1.165) is 95.5 Å². The number of aromatic nitrogens is 5. The molecule has 0 atom stereocenters. The number of rotatable bonds is 6. The highest BCUT2D eigenvalue weighted by atomic mass is 19.1. The Hall–Kier alpha value is -4.24. The standard InChI is InChI=1S/C32H34FN7O/c1-2-21-15-29(41)25(33)16-24(21)22-7-8-23-27(14-22)37-38-31(23)32-35-26-10-13-39(19-28(26)36-32)18-20-6-9-30(34-17-20)40-11-4-3-5-12-40/h6-9,14-17,41H,2-5,10-13,18-19H2,1H3,(H,35,36)(H,37,38). The Bertz CT molecular complexity index is 1700. The van der Waals surface area contributed by atoms with Gasteiger partial charge >= 0.3 is 0 Å². The summed E-state index contributed by atoms with van der Waals surface area (Å²) in [5, 5.41) is 18.5. The lowest BCUT2D eigenvalue weighted by Crippen LogP contribution is -2.31. The summed E-state index contributed by atoms with van der Waals surface area (Å²) >= 11 is 0. The number of H-pyrrole nitrogens is 2. The molecule has 2 aromatic carbocycles. The largest absolute Gasteiger partial charge is 0.505 e. The summed E-state index contributed by atoms with van der Waals surface area (Å²) in [6.45, 7) is 6.78. The lowest BCUT2D eigenvalue weighted by Gasteiger charge is -2.28. The van der Waals surface area contributed by atoms with Gasteiger partial charge in [-0.25, -0.2) is 14.4 Å². The van der Waals surface area contributed by atoms with Crippen LogP contribution < -0.4 is 4.90 Å². The number of imidazole rings is 1. The number of aryl methyl sites for hydroxylation is 1. The highest BCUT2D eigenvalue weighted by Gasteiger charge is 2.23. The quantitative estimate of drug-likeness (QED) is 0.241. The number of hydrogen-bond donors (Lipinski definition) is 3. The number of aromatic amines is 2. The van der Waals surface area contributed by atoms with Crippen LogP contribution in [0.15, 0.2) is 48.7 Å². The van der Waals surface area contributed by atoms with Crippen LogP contribution >= 0.6 is 0 Å². The Labute approximate surface area is 238 Å². The van der Waals surface area contributed by atoms with E-state index in [1.165, 1.54) is 37.0 Å². The van der Waals surface area contributed by atoms with Crippen molar-refractivity contribution in [2.45, 2.75) is 52.1 Å². The van der Waals surface area contributed by atoms with Gasteiger partial charge in [0.1, 0.15) is 11.5 Å². The van der Waals surface area contributed by atoms with Crippen LogP contribution in [-0.4, -0.2) is 54.8 Å². The van der Waals surface area contributed by atoms with Crippen LogP contribution in [0.3, 0.4) is 0 Å². The monoisotopic (exact) mass is 551 g/mol. The highest BCUT2D eigenvalue weighted by molar-refractivity contribution is 5.94. The summed E-state index contributed by atoms with van der Waals surface area (Å²) in [6.07, 6.45) is 7.43. The van der Waals surface area contributed by atoms with Crippen molar-refractivity contribution in [3.05, 3.63) is 77.0 Å². The molecular formula is C32H34FN7O. The molecule has 0 amide bonds. The molecule has 0 spiro atoms. The van der Waals surface area contributed by atoms with Gasteiger partial charge < -0.3 is 15.0 Å². The van der Waals surface area contributed by atoms with Crippen molar-refractivity contribution in [3.8, 4) is 28.4 Å². The summed E-state index contributed by atoms with van der Waals surface area (Å²) in [5.74, 6) is 0.904. The molecule has 1 saturated heterocycles. The third kappa shape index (κ3) is 4.95. The first kappa shape index (κ1) is 25.7. The zero-order chi connectivity index (χ0) is 27.9. The predicted octanol–water partition coefficient (Wildman–Crippen LogP) is 5.97. The number of nitrogens with zero attached hydrogens (tertiary/aromatic N) is 5. The fourth-order valence-electron chi connectivity index (χ4n) is 6.20. The summed E-state index contributed by atoms with van der Waals surface area (Å²) in [4.78, 5) is 18.0. The molecule has 2 aliphatic heterocycles. The average Bonchev–Trinajstić information content (AvgIpc) is 3.62. The minimum absolute atomic E-state index is 0.321. The molecule has 1 fully saturated rings. The number of phenolic OH excluding ortho intramolecular Hbond substituents is 1. The molecule has 3 aromatic heterocycles. The van der Waals surface area contributed by atoms with Crippen LogP contribution in [0.25, 0.3) is 33.5 Å². The molecule has 8 nitrogen and oxygen atoms in total. The normalized spacial score (nSPS) is 15.9. The maximum atomic E-state index is 14.2. The van der Waals surface area contributed by atoms with Gasteiger partial charge in [-0.3, -0.25) is 10.00 Å². The minimum Gasteiger partial charge on any atom is -0.505 e. The second-order valence-corrected chi connectivity index (χ2v) is 11.2. The summed E-state index contributed by atoms with van der Waals surface area (Å²) in [6, 6.07) is 13.2. The van der Waals surface area contributed by atoms with Gasteiger partial charge in [-0.2, -0.15) is 5.10 Å². The van der Waals surface area contributed by atoms with Crippen molar-refractivity contribution >= 4 is 16.7 Å². The van der Waals surface area contributed by atoms with Crippen molar-refractivity contribution < 1.29 is 9.50 Å². The SMILES string of the molecule is CCc1cc(O)c(F)cc1-c1ccc2c(-c3nc4c([nH]3)CCN(Cc3ccc(N5CCCCC5)nc3)C4)n[nH]c2c1. The number of piperidine rings is 1. The van der Waals surface area contributed by atoms with Gasteiger partial charge in [0.2, 0.25) is 0 Å². The molecule has 5 aromatic rings. The van der Waals surface area contributed by atoms with E-state index in [-0.39, 0.29) is 5.75 Å². The van der Waals surface area contributed by atoms with E-state index in [1.807, 2.05) is 31.3 Å². The van der Waals surface area contributed by atoms with E-state index >= 15 is 0 Å². The average molecular weight is 552 g/mol. The van der Waals surface area contributed by atoms with Crippen LogP contribution in [0.5, 0.6) is 5.75 Å². The van der Waals surface area contributed by atoms with E-state index < -0.39 is 5.82 Å². The van der Waals surface area contributed by atoms with E-state index in [9.17, 15) is 9.50 Å². The molecule has 9 heteroatoms. The third-order valence-corrected chi connectivity index (χ3v) is 8.46. The number of pyridine rings is 1. The van der Waals surface area contributed by atoms with E-state index in [4.69, 9.17) is 9.97 Å². The molecule has 7 rings (SSSR count). The number of nitrogens with one attached hydrogen (secondary N) is 2. The first-order valence-electron chi connectivity index (χ1n) is 14.6. The second-order valence-electron chi connectivity index (χ2n) is 11.2. The maximum Gasteiger partial charge on any atom is 0.165 e. The van der Waals surface area contributed by atoms with Crippen LogP contribution in [0.4, 0.5) is 10.2 Å². The molecule has 41 heavy (non-hydrogen) atoms. The smallest absolute Gasteiger partial charge is 0.165 e. The molecule has 210 valence electrons. The molecule has 0 aliphatic carbocycles. The lowest BCUT2D eigenvalue weighted by atomic mass is 9.96. The summed E-state index contributed by atoms with van der Waals surface area (Å²) in [7, 11) is 0. The summed E-state index contributed by atoms with van der Waals surface area (Å²) < 4.78 is 14.2. The number of fused-ring (bicyclic) bond motifs is 2. The van der Waals surface area contributed by atoms with E-state index in [2.05, 4.69) is 37.1 Å². The lowest BCUT2D eigenvalue weighted by molar-refractivity contribution is 0.241. The molecule has 5 heterocycles. The van der Waals surface area contributed by atoms with Crippen LogP contribution in [-0.2, 0) is 25.9 Å². The molecule has 0 radical (unpaired) electrons. The number of halogens is 1. The van der Waals surface area contributed by atoms with Gasteiger partial charge in [0.05, 0.1) is 11.2 Å². The van der Waals surface area contributed by atoms with E-state index in [1.54, 1.807) is 0 Å². The number of phenols is 1.